The summed E-state index contributed by atoms with van der Waals surface area (Å²) in [5.74, 6) is 0.0397. The first kappa shape index (κ1) is 14.5. The van der Waals surface area contributed by atoms with Crippen molar-refractivity contribution in [1.82, 2.24) is 4.90 Å². The quantitative estimate of drug-likeness (QED) is 0.771. The van der Waals surface area contributed by atoms with Crippen molar-refractivity contribution in [1.29, 1.82) is 0 Å². The third-order valence-corrected chi connectivity index (χ3v) is 3.50. The van der Waals surface area contributed by atoms with Crippen LogP contribution in [0.5, 0.6) is 0 Å². The molecule has 0 spiro atoms. The van der Waals surface area contributed by atoms with Crippen molar-refractivity contribution in [2.45, 2.75) is 25.1 Å². The number of benzene rings is 1. The summed E-state index contributed by atoms with van der Waals surface area (Å²) in [5, 5.41) is 0.693. The van der Waals surface area contributed by atoms with Gasteiger partial charge in [-0.2, -0.15) is 0 Å². The molecule has 94 valence electrons. The molecule has 1 rings (SSSR count). The SMILES string of the molecule is Cc1cc(C(=O)N(C)CCC(C)Br)ccc1Cl. The van der Waals surface area contributed by atoms with Crippen LogP contribution in [0.2, 0.25) is 5.02 Å². The Labute approximate surface area is 116 Å². The van der Waals surface area contributed by atoms with Crippen LogP contribution in [-0.4, -0.2) is 29.2 Å². The average Bonchev–Trinajstić information content (AvgIpc) is 2.28. The van der Waals surface area contributed by atoms with E-state index in [1.165, 1.54) is 0 Å². The highest BCUT2D eigenvalue weighted by Gasteiger charge is 2.12. The fourth-order valence-electron chi connectivity index (χ4n) is 1.47. The zero-order chi connectivity index (χ0) is 13.0. The van der Waals surface area contributed by atoms with Crippen molar-refractivity contribution < 1.29 is 4.79 Å². The predicted octanol–water partition coefficient (Wildman–Crippen LogP) is 3.89. The monoisotopic (exact) mass is 317 g/mol. The number of hydrogen-bond donors (Lipinski definition) is 0. The Morgan fingerprint density at radius 3 is 2.71 bits per heavy atom. The van der Waals surface area contributed by atoms with Gasteiger partial charge in [0.1, 0.15) is 0 Å². The summed E-state index contributed by atoms with van der Waals surface area (Å²) in [5.41, 5.74) is 1.62. The van der Waals surface area contributed by atoms with Crippen LogP contribution in [0.3, 0.4) is 0 Å². The van der Waals surface area contributed by atoms with Crippen molar-refractivity contribution in [3.8, 4) is 0 Å². The van der Waals surface area contributed by atoms with E-state index in [1.54, 1.807) is 17.0 Å². The summed E-state index contributed by atoms with van der Waals surface area (Å²) in [6, 6.07) is 5.37. The largest absolute Gasteiger partial charge is 0.342 e. The second-order valence-corrected chi connectivity index (χ2v) is 6.23. The molecule has 2 nitrogen and oxygen atoms in total. The molecule has 0 heterocycles. The predicted molar refractivity (Wildman–Crippen MR) is 76.2 cm³/mol. The molecule has 0 aliphatic rings. The molecule has 1 aromatic rings. The Morgan fingerprint density at radius 1 is 1.53 bits per heavy atom. The molecule has 4 heteroatoms. The molecule has 0 aliphatic carbocycles. The molecule has 1 amide bonds. The first-order chi connectivity index (χ1) is 7.91. The molecule has 0 fully saturated rings. The average molecular weight is 319 g/mol. The third-order valence-electron chi connectivity index (χ3n) is 2.61. The molecule has 0 radical (unpaired) electrons. The van der Waals surface area contributed by atoms with Gasteiger partial charge in [-0.3, -0.25) is 4.79 Å². The Hall–Kier alpha value is -0.540. The molecule has 1 unspecified atom stereocenters. The third kappa shape index (κ3) is 4.32. The Bertz CT molecular complexity index is 406. The van der Waals surface area contributed by atoms with Gasteiger partial charge in [-0.15, -0.1) is 0 Å². The van der Waals surface area contributed by atoms with Crippen LogP contribution in [0, 0.1) is 6.92 Å². The van der Waals surface area contributed by atoms with Crippen LogP contribution >= 0.6 is 27.5 Å². The second kappa shape index (κ2) is 6.41. The van der Waals surface area contributed by atoms with E-state index in [0.29, 0.717) is 15.4 Å². The second-order valence-electron chi connectivity index (χ2n) is 4.26. The lowest BCUT2D eigenvalue weighted by atomic mass is 10.1. The molecule has 0 saturated heterocycles. The summed E-state index contributed by atoms with van der Waals surface area (Å²) in [4.78, 5) is 14.2. The van der Waals surface area contributed by atoms with E-state index in [2.05, 4.69) is 22.9 Å². The van der Waals surface area contributed by atoms with Crippen LogP contribution < -0.4 is 0 Å². The smallest absolute Gasteiger partial charge is 0.253 e. The van der Waals surface area contributed by atoms with E-state index >= 15 is 0 Å². The minimum absolute atomic E-state index is 0.0397. The summed E-state index contributed by atoms with van der Waals surface area (Å²) >= 11 is 9.41. The number of aryl methyl sites for hydroxylation is 1. The van der Waals surface area contributed by atoms with Gasteiger partial charge in [-0.05, 0) is 37.1 Å². The maximum absolute atomic E-state index is 12.1. The zero-order valence-corrected chi connectivity index (χ0v) is 12.7. The first-order valence-corrected chi connectivity index (χ1v) is 6.87. The number of carbonyl (C=O) groups excluding carboxylic acids is 1. The number of hydrogen-bond acceptors (Lipinski definition) is 1. The normalized spacial score (nSPS) is 12.3. The highest BCUT2D eigenvalue weighted by Crippen LogP contribution is 2.17. The lowest BCUT2D eigenvalue weighted by Crippen LogP contribution is -2.28. The summed E-state index contributed by atoms with van der Waals surface area (Å²) in [6.07, 6.45) is 0.939. The summed E-state index contributed by atoms with van der Waals surface area (Å²) < 4.78 is 0. The van der Waals surface area contributed by atoms with Crippen LogP contribution in [0.1, 0.15) is 29.3 Å². The standard InChI is InChI=1S/C13H17BrClNO/c1-9-8-11(4-5-12(9)15)13(17)16(3)7-6-10(2)14/h4-5,8,10H,6-7H2,1-3H3. The highest BCUT2D eigenvalue weighted by molar-refractivity contribution is 9.09. The van der Waals surface area contributed by atoms with Gasteiger partial charge in [0.25, 0.3) is 5.91 Å². The number of nitrogens with zero attached hydrogens (tertiary/aromatic N) is 1. The van der Waals surface area contributed by atoms with E-state index < -0.39 is 0 Å². The van der Waals surface area contributed by atoms with Gasteiger partial charge in [0.05, 0.1) is 0 Å². The van der Waals surface area contributed by atoms with E-state index in [9.17, 15) is 4.79 Å². The minimum atomic E-state index is 0.0397. The Kier molecular flexibility index (Phi) is 5.47. The molecule has 1 aromatic carbocycles. The summed E-state index contributed by atoms with van der Waals surface area (Å²) in [7, 11) is 1.82. The summed E-state index contributed by atoms with van der Waals surface area (Å²) in [6.45, 7) is 4.72. The van der Waals surface area contributed by atoms with Gasteiger partial charge in [0.2, 0.25) is 0 Å². The van der Waals surface area contributed by atoms with Gasteiger partial charge >= 0.3 is 0 Å². The molecule has 17 heavy (non-hydrogen) atoms. The van der Waals surface area contributed by atoms with Gasteiger partial charge < -0.3 is 4.90 Å². The number of rotatable bonds is 4. The molecular formula is C13H17BrClNO. The van der Waals surface area contributed by atoms with Gasteiger partial charge in [0, 0.05) is 29.0 Å². The molecule has 0 N–H and O–H groups in total. The number of halogens is 2. The molecule has 1 atom stereocenters. The maximum atomic E-state index is 12.1. The van der Waals surface area contributed by atoms with Gasteiger partial charge in [-0.25, -0.2) is 0 Å². The number of alkyl halides is 1. The Morgan fingerprint density at radius 2 is 2.18 bits per heavy atom. The van der Waals surface area contributed by atoms with E-state index in [0.717, 1.165) is 18.5 Å². The van der Waals surface area contributed by atoms with E-state index in [4.69, 9.17) is 11.6 Å². The van der Waals surface area contributed by atoms with E-state index in [1.807, 2.05) is 20.0 Å². The molecule has 0 aromatic heterocycles. The topological polar surface area (TPSA) is 20.3 Å². The number of amides is 1. The van der Waals surface area contributed by atoms with Crippen molar-refractivity contribution >= 4 is 33.4 Å². The first-order valence-electron chi connectivity index (χ1n) is 5.57. The van der Waals surface area contributed by atoms with E-state index in [-0.39, 0.29) is 5.91 Å². The van der Waals surface area contributed by atoms with Gasteiger partial charge in [0.15, 0.2) is 0 Å². The van der Waals surface area contributed by atoms with Crippen LogP contribution in [0.25, 0.3) is 0 Å². The highest BCUT2D eigenvalue weighted by atomic mass is 79.9. The molecule has 0 bridgehead atoms. The maximum Gasteiger partial charge on any atom is 0.253 e. The van der Waals surface area contributed by atoms with Crippen LogP contribution in [0.15, 0.2) is 18.2 Å². The van der Waals surface area contributed by atoms with Crippen molar-refractivity contribution in [2.24, 2.45) is 0 Å². The lowest BCUT2D eigenvalue weighted by molar-refractivity contribution is 0.0794. The van der Waals surface area contributed by atoms with Crippen molar-refractivity contribution in [2.75, 3.05) is 13.6 Å². The molecule has 0 saturated carbocycles. The lowest BCUT2D eigenvalue weighted by Gasteiger charge is -2.18. The zero-order valence-electron chi connectivity index (χ0n) is 10.3. The van der Waals surface area contributed by atoms with Crippen LogP contribution in [-0.2, 0) is 0 Å². The van der Waals surface area contributed by atoms with Crippen molar-refractivity contribution in [3.05, 3.63) is 34.3 Å². The minimum Gasteiger partial charge on any atom is -0.342 e. The number of carbonyl (C=O) groups is 1. The van der Waals surface area contributed by atoms with Crippen LogP contribution in [0.4, 0.5) is 0 Å². The molecular weight excluding hydrogens is 302 g/mol. The van der Waals surface area contributed by atoms with Gasteiger partial charge in [-0.1, -0.05) is 34.5 Å². The van der Waals surface area contributed by atoms with Crippen molar-refractivity contribution in [3.63, 3.8) is 0 Å². The fraction of sp³-hybridized carbons (Fsp3) is 0.462. The fourth-order valence-corrected chi connectivity index (χ4v) is 1.79. The molecule has 0 aliphatic heterocycles. The Balaban J connectivity index is 2.71.